The molecule has 6 heteroatoms. The molecule has 112 valence electrons. The molecule has 1 fully saturated rings. The normalized spacial score (nSPS) is 15.9. The van der Waals surface area contributed by atoms with Gasteiger partial charge in [0.25, 0.3) is 5.91 Å². The van der Waals surface area contributed by atoms with E-state index >= 15 is 0 Å². The molecule has 1 aromatic carbocycles. The molecule has 0 heterocycles. The van der Waals surface area contributed by atoms with E-state index in [0.717, 1.165) is 25.0 Å². The highest BCUT2D eigenvalue weighted by molar-refractivity contribution is 8.00. The van der Waals surface area contributed by atoms with E-state index in [1.54, 1.807) is 11.8 Å². The van der Waals surface area contributed by atoms with Crippen LogP contribution in [0.5, 0.6) is 0 Å². The minimum absolute atomic E-state index is 0.0700. The molecule has 1 saturated carbocycles. The molecule has 0 saturated heterocycles. The van der Waals surface area contributed by atoms with Crippen molar-refractivity contribution >= 4 is 29.7 Å². The van der Waals surface area contributed by atoms with E-state index in [1.165, 1.54) is 18.2 Å². The second kappa shape index (κ2) is 6.30. The van der Waals surface area contributed by atoms with E-state index in [4.69, 9.17) is 5.11 Å². The van der Waals surface area contributed by atoms with E-state index in [2.05, 4.69) is 5.32 Å². The maximum atomic E-state index is 13.7. The van der Waals surface area contributed by atoms with E-state index in [-0.39, 0.29) is 10.3 Å². The second-order valence-corrected chi connectivity index (χ2v) is 6.25. The van der Waals surface area contributed by atoms with E-state index in [0.29, 0.717) is 12.1 Å². The summed E-state index contributed by atoms with van der Waals surface area (Å²) < 4.78 is 13.8. The molecular formula is C15H16FNO3S. The summed E-state index contributed by atoms with van der Waals surface area (Å²) in [5.74, 6) is -2.19. The van der Waals surface area contributed by atoms with Gasteiger partial charge in [-0.2, -0.15) is 11.8 Å². The zero-order valence-electron chi connectivity index (χ0n) is 11.6. The average Bonchev–Trinajstić information content (AvgIpc) is 3.24. The number of benzene rings is 1. The van der Waals surface area contributed by atoms with Crippen molar-refractivity contribution in [2.75, 3.05) is 12.8 Å². The van der Waals surface area contributed by atoms with Crippen molar-refractivity contribution in [2.45, 2.75) is 17.6 Å². The van der Waals surface area contributed by atoms with Crippen LogP contribution >= 0.6 is 11.8 Å². The molecule has 0 aromatic heterocycles. The molecule has 4 nitrogen and oxygen atoms in total. The predicted octanol–water partition coefficient (Wildman–Crippen LogP) is 2.55. The molecule has 1 aliphatic rings. The number of carbonyl (C=O) groups is 2. The number of nitrogens with one attached hydrogen (secondary N) is 1. The molecular weight excluding hydrogens is 293 g/mol. The van der Waals surface area contributed by atoms with Gasteiger partial charge < -0.3 is 10.4 Å². The highest BCUT2D eigenvalue weighted by atomic mass is 32.2. The number of aliphatic carboxylic acids is 1. The molecule has 1 amide bonds. The average molecular weight is 309 g/mol. The second-order valence-electron chi connectivity index (χ2n) is 4.98. The molecule has 1 aliphatic carbocycles. The lowest BCUT2D eigenvalue weighted by atomic mass is 10.1. The van der Waals surface area contributed by atoms with Crippen LogP contribution in [0.15, 0.2) is 24.3 Å². The molecule has 0 bridgehead atoms. The van der Waals surface area contributed by atoms with E-state index in [9.17, 15) is 14.0 Å². The summed E-state index contributed by atoms with van der Waals surface area (Å²) in [6, 6.07) is 3.94. The van der Waals surface area contributed by atoms with Crippen LogP contribution in [0.2, 0.25) is 0 Å². The topological polar surface area (TPSA) is 66.4 Å². The smallest absolute Gasteiger partial charge is 0.328 e. The summed E-state index contributed by atoms with van der Waals surface area (Å²) in [5, 5.41) is 11.3. The van der Waals surface area contributed by atoms with Crippen LogP contribution in [-0.2, 0) is 4.79 Å². The fraction of sp³-hybridized carbons (Fsp3) is 0.333. The number of carboxylic acids is 1. The number of rotatable bonds is 6. The van der Waals surface area contributed by atoms with Crippen LogP contribution in [0.4, 0.5) is 4.39 Å². The van der Waals surface area contributed by atoms with Crippen LogP contribution in [-0.4, -0.2) is 34.5 Å². The fourth-order valence-electron chi connectivity index (χ4n) is 1.92. The van der Waals surface area contributed by atoms with Crippen molar-refractivity contribution in [3.63, 3.8) is 0 Å². The molecule has 0 spiro atoms. The van der Waals surface area contributed by atoms with Gasteiger partial charge in [0.1, 0.15) is 5.82 Å². The number of carboxylic acid groups (broad SMARTS) is 1. The lowest BCUT2D eigenvalue weighted by molar-refractivity contribution is -0.131. The number of thioether (sulfide) groups is 1. The summed E-state index contributed by atoms with van der Waals surface area (Å²) in [6.45, 7) is 0.516. The standard InChI is InChI=1S/C15H16FNO3S/c1-21-15(6-7-15)9-17-14(20)11-8-10(2-4-12(11)16)3-5-13(18)19/h2-5,8H,6-7,9H2,1H3,(H,17,20)(H,18,19)/b5-3+. The SMILES string of the molecule is CSC1(CNC(=O)c2cc(/C=C/C(=O)O)ccc2F)CC1. The summed E-state index contributed by atoms with van der Waals surface area (Å²) in [4.78, 5) is 22.5. The number of hydrogen-bond acceptors (Lipinski definition) is 3. The summed E-state index contributed by atoms with van der Waals surface area (Å²) in [6.07, 6.45) is 6.37. The van der Waals surface area contributed by atoms with Gasteiger partial charge in [-0.05, 0) is 42.9 Å². The number of amides is 1. The highest BCUT2D eigenvalue weighted by Gasteiger charge is 2.42. The van der Waals surface area contributed by atoms with Crippen LogP contribution in [0.25, 0.3) is 6.08 Å². The minimum Gasteiger partial charge on any atom is -0.478 e. The number of hydrogen-bond donors (Lipinski definition) is 2. The Bertz CT molecular complexity index is 597. The van der Waals surface area contributed by atoms with Crippen molar-refractivity contribution in [1.82, 2.24) is 5.32 Å². The molecule has 0 unspecified atom stereocenters. The van der Waals surface area contributed by atoms with Crippen molar-refractivity contribution < 1.29 is 19.1 Å². The van der Waals surface area contributed by atoms with Crippen molar-refractivity contribution in [3.05, 3.63) is 41.2 Å². The van der Waals surface area contributed by atoms with Gasteiger partial charge in [-0.15, -0.1) is 0 Å². The van der Waals surface area contributed by atoms with Gasteiger partial charge in [-0.25, -0.2) is 9.18 Å². The Morgan fingerprint density at radius 3 is 2.76 bits per heavy atom. The van der Waals surface area contributed by atoms with E-state index in [1.807, 2.05) is 6.26 Å². The lowest BCUT2D eigenvalue weighted by Gasteiger charge is -2.13. The molecule has 0 radical (unpaired) electrons. The molecule has 1 aromatic rings. The monoisotopic (exact) mass is 309 g/mol. The van der Waals surface area contributed by atoms with Gasteiger partial charge in [-0.3, -0.25) is 4.79 Å². The first-order valence-corrected chi connectivity index (χ1v) is 7.72. The number of carbonyl (C=O) groups excluding carboxylic acids is 1. The van der Waals surface area contributed by atoms with E-state index < -0.39 is 17.7 Å². The summed E-state index contributed by atoms with van der Waals surface area (Å²) >= 11 is 1.71. The van der Waals surface area contributed by atoms with Crippen molar-refractivity contribution in [3.8, 4) is 0 Å². The fourth-order valence-corrected chi connectivity index (χ4v) is 2.64. The maximum Gasteiger partial charge on any atom is 0.328 e. The third-order valence-corrected chi connectivity index (χ3v) is 4.88. The molecule has 2 rings (SSSR count). The van der Waals surface area contributed by atoms with Gasteiger partial charge >= 0.3 is 5.97 Å². The Kier molecular flexibility index (Phi) is 4.67. The van der Waals surface area contributed by atoms with Crippen molar-refractivity contribution in [2.24, 2.45) is 0 Å². The zero-order chi connectivity index (χ0) is 15.5. The first-order valence-electron chi connectivity index (χ1n) is 6.50. The summed E-state index contributed by atoms with van der Waals surface area (Å²) in [7, 11) is 0. The molecule has 0 aliphatic heterocycles. The molecule has 21 heavy (non-hydrogen) atoms. The van der Waals surface area contributed by atoms with Crippen LogP contribution in [0.1, 0.15) is 28.8 Å². The van der Waals surface area contributed by atoms with Gasteiger partial charge in [0.15, 0.2) is 0 Å². The third-order valence-electron chi connectivity index (χ3n) is 3.47. The Hall–Kier alpha value is -1.82. The largest absolute Gasteiger partial charge is 0.478 e. The number of halogens is 1. The van der Waals surface area contributed by atoms with Crippen LogP contribution in [0, 0.1) is 5.82 Å². The Balaban J connectivity index is 2.08. The van der Waals surface area contributed by atoms with Gasteiger partial charge in [0.05, 0.1) is 5.56 Å². The third kappa shape index (κ3) is 4.07. The van der Waals surface area contributed by atoms with Crippen LogP contribution < -0.4 is 5.32 Å². The Morgan fingerprint density at radius 1 is 1.48 bits per heavy atom. The molecule has 0 atom stereocenters. The van der Waals surface area contributed by atoms with Crippen molar-refractivity contribution in [1.29, 1.82) is 0 Å². The Labute approximate surface area is 126 Å². The van der Waals surface area contributed by atoms with Crippen LogP contribution in [0.3, 0.4) is 0 Å². The maximum absolute atomic E-state index is 13.7. The summed E-state index contributed by atoms with van der Waals surface area (Å²) in [5.41, 5.74) is 0.398. The predicted molar refractivity (Wildman–Crippen MR) is 80.9 cm³/mol. The first kappa shape index (κ1) is 15.6. The highest BCUT2D eigenvalue weighted by Crippen LogP contribution is 2.46. The van der Waals surface area contributed by atoms with Gasteiger partial charge in [0.2, 0.25) is 0 Å². The van der Waals surface area contributed by atoms with Gasteiger partial charge in [-0.1, -0.05) is 6.07 Å². The minimum atomic E-state index is -1.10. The van der Waals surface area contributed by atoms with Gasteiger partial charge in [0, 0.05) is 17.4 Å². The zero-order valence-corrected chi connectivity index (χ0v) is 12.4. The first-order chi connectivity index (χ1) is 9.96. The lowest BCUT2D eigenvalue weighted by Crippen LogP contribution is -2.32. The molecule has 2 N–H and O–H groups in total. The Morgan fingerprint density at radius 2 is 2.19 bits per heavy atom. The quantitative estimate of drug-likeness (QED) is 0.793.